The van der Waals surface area contributed by atoms with E-state index < -0.39 is 0 Å². The first-order chi connectivity index (χ1) is 12.5. The normalized spacial score (nSPS) is 11.7. The lowest BCUT2D eigenvalue weighted by atomic mass is 10.1. The summed E-state index contributed by atoms with van der Waals surface area (Å²) in [6.07, 6.45) is 4.42. The van der Waals surface area contributed by atoms with E-state index in [4.69, 9.17) is 9.47 Å². The Hall–Kier alpha value is -2.60. The van der Waals surface area contributed by atoms with Crippen molar-refractivity contribution >= 4 is 11.0 Å². The van der Waals surface area contributed by atoms with Crippen LogP contribution >= 0.6 is 0 Å². The molecular weight excluding hydrogens is 328 g/mol. The molecule has 0 spiro atoms. The van der Waals surface area contributed by atoms with Gasteiger partial charge in [-0.05, 0) is 51.9 Å². The molecule has 2 N–H and O–H groups in total. The number of nitrogens with one attached hydrogen (secondary N) is 2. The van der Waals surface area contributed by atoms with Gasteiger partial charge in [-0.1, -0.05) is 0 Å². The molecule has 3 rings (SSSR count). The zero-order chi connectivity index (χ0) is 18.6. The van der Waals surface area contributed by atoms with Crippen LogP contribution in [-0.2, 0) is 0 Å². The third kappa shape index (κ3) is 4.52. The first-order valence-electron chi connectivity index (χ1n) is 8.82. The maximum Gasteiger partial charge on any atom is 0.142 e. The molecule has 0 radical (unpaired) electrons. The molecule has 0 aliphatic heterocycles. The SMILES string of the molecule is COc1ccc(-c2nc3ccncc3[nH]2)c(OCCCNC(C)(C)C)c1. The fraction of sp³-hybridized carbons (Fsp3) is 0.400. The Morgan fingerprint density at radius 3 is 2.77 bits per heavy atom. The first-order valence-corrected chi connectivity index (χ1v) is 8.82. The van der Waals surface area contributed by atoms with Crippen molar-refractivity contribution in [2.75, 3.05) is 20.3 Å². The molecule has 0 unspecified atom stereocenters. The van der Waals surface area contributed by atoms with Crippen LogP contribution < -0.4 is 14.8 Å². The average Bonchev–Trinajstić information content (AvgIpc) is 3.04. The second-order valence-corrected chi connectivity index (χ2v) is 7.22. The largest absolute Gasteiger partial charge is 0.497 e. The van der Waals surface area contributed by atoms with Gasteiger partial charge in [-0.25, -0.2) is 4.98 Å². The summed E-state index contributed by atoms with van der Waals surface area (Å²) in [5, 5.41) is 3.46. The summed E-state index contributed by atoms with van der Waals surface area (Å²) in [7, 11) is 1.65. The summed E-state index contributed by atoms with van der Waals surface area (Å²) < 4.78 is 11.4. The first kappa shape index (κ1) is 18.2. The van der Waals surface area contributed by atoms with Crippen molar-refractivity contribution in [1.82, 2.24) is 20.3 Å². The van der Waals surface area contributed by atoms with Gasteiger partial charge in [0, 0.05) is 17.8 Å². The van der Waals surface area contributed by atoms with Crippen LogP contribution in [0.25, 0.3) is 22.4 Å². The van der Waals surface area contributed by atoms with E-state index in [-0.39, 0.29) is 5.54 Å². The number of pyridine rings is 1. The molecule has 2 heterocycles. The maximum absolute atomic E-state index is 6.05. The van der Waals surface area contributed by atoms with Gasteiger partial charge >= 0.3 is 0 Å². The third-order valence-corrected chi connectivity index (χ3v) is 3.96. The van der Waals surface area contributed by atoms with E-state index in [2.05, 4.69) is 41.0 Å². The van der Waals surface area contributed by atoms with Crippen LogP contribution in [0.1, 0.15) is 27.2 Å². The second kappa shape index (κ2) is 7.74. The number of methoxy groups -OCH3 is 1. The number of fused-ring (bicyclic) bond motifs is 1. The third-order valence-electron chi connectivity index (χ3n) is 3.96. The van der Waals surface area contributed by atoms with Crippen molar-refractivity contribution in [2.24, 2.45) is 0 Å². The summed E-state index contributed by atoms with van der Waals surface area (Å²) >= 11 is 0. The summed E-state index contributed by atoms with van der Waals surface area (Å²) in [5.74, 6) is 2.28. The number of imidazole rings is 1. The Morgan fingerprint density at radius 1 is 1.19 bits per heavy atom. The van der Waals surface area contributed by atoms with E-state index in [0.29, 0.717) is 6.61 Å². The van der Waals surface area contributed by atoms with E-state index >= 15 is 0 Å². The highest BCUT2D eigenvalue weighted by atomic mass is 16.5. The predicted octanol–water partition coefficient (Wildman–Crippen LogP) is 3.79. The van der Waals surface area contributed by atoms with Gasteiger partial charge in [-0.2, -0.15) is 0 Å². The van der Waals surface area contributed by atoms with Crippen LogP contribution in [0.5, 0.6) is 11.5 Å². The van der Waals surface area contributed by atoms with Crippen molar-refractivity contribution in [2.45, 2.75) is 32.7 Å². The molecule has 0 aliphatic rings. The van der Waals surface area contributed by atoms with Gasteiger partial charge in [0.1, 0.15) is 17.3 Å². The van der Waals surface area contributed by atoms with Crippen molar-refractivity contribution < 1.29 is 9.47 Å². The molecule has 0 amide bonds. The molecular formula is C20H26N4O2. The van der Waals surface area contributed by atoms with Crippen molar-refractivity contribution in [3.05, 3.63) is 36.7 Å². The quantitative estimate of drug-likeness (QED) is 0.632. The molecule has 0 saturated heterocycles. The number of hydrogen-bond acceptors (Lipinski definition) is 5. The molecule has 2 aromatic heterocycles. The fourth-order valence-electron chi connectivity index (χ4n) is 2.65. The van der Waals surface area contributed by atoms with Crippen molar-refractivity contribution in [1.29, 1.82) is 0 Å². The maximum atomic E-state index is 6.05. The molecule has 3 aromatic rings. The molecule has 6 nitrogen and oxygen atoms in total. The van der Waals surface area contributed by atoms with E-state index in [9.17, 15) is 0 Å². The Bertz CT molecular complexity index is 835. The zero-order valence-corrected chi connectivity index (χ0v) is 15.8. The monoisotopic (exact) mass is 354 g/mol. The number of ether oxygens (including phenoxy) is 2. The number of benzene rings is 1. The number of aromatic amines is 1. The fourth-order valence-corrected chi connectivity index (χ4v) is 2.65. The lowest BCUT2D eigenvalue weighted by molar-refractivity contribution is 0.297. The van der Waals surface area contributed by atoms with E-state index in [1.54, 1.807) is 19.5 Å². The topological polar surface area (TPSA) is 72.1 Å². The summed E-state index contributed by atoms with van der Waals surface area (Å²) in [6, 6.07) is 7.66. The lowest BCUT2D eigenvalue weighted by Crippen LogP contribution is -2.36. The molecule has 0 fully saturated rings. The molecule has 0 atom stereocenters. The van der Waals surface area contributed by atoms with Gasteiger partial charge in [0.15, 0.2) is 0 Å². The highest BCUT2D eigenvalue weighted by Crippen LogP contribution is 2.33. The van der Waals surface area contributed by atoms with Crippen LogP contribution in [0.15, 0.2) is 36.7 Å². The van der Waals surface area contributed by atoms with Crippen molar-refractivity contribution in [3.8, 4) is 22.9 Å². The molecule has 26 heavy (non-hydrogen) atoms. The lowest BCUT2D eigenvalue weighted by Gasteiger charge is -2.20. The van der Waals surface area contributed by atoms with E-state index in [1.165, 1.54) is 0 Å². The summed E-state index contributed by atoms with van der Waals surface area (Å²) in [6.45, 7) is 7.99. The molecule has 0 bridgehead atoms. The average molecular weight is 354 g/mol. The van der Waals surface area contributed by atoms with Crippen LogP contribution in [0.2, 0.25) is 0 Å². The molecule has 1 aromatic carbocycles. The van der Waals surface area contributed by atoms with Gasteiger partial charge in [0.05, 0.1) is 36.5 Å². The molecule has 6 heteroatoms. The van der Waals surface area contributed by atoms with Crippen LogP contribution in [-0.4, -0.2) is 40.8 Å². The Labute approximate surface area is 154 Å². The predicted molar refractivity (Wildman–Crippen MR) is 104 cm³/mol. The van der Waals surface area contributed by atoms with Crippen LogP contribution in [0, 0.1) is 0 Å². The standard InChI is InChI=1S/C20H26N4O2/c1-20(2,3)22-9-5-11-26-18-12-14(25-4)6-7-15(18)19-23-16-8-10-21-13-17(16)24-19/h6-8,10,12-13,22H,5,9,11H2,1-4H3,(H,23,24). The van der Waals surface area contributed by atoms with E-state index in [1.807, 2.05) is 24.3 Å². The van der Waals surface area contributed by atoms with E-state index in [0.717, 1.165) is 46.9 Å². The minimum Gasteiger partial charge on any atom is -0.497 e. The van der Waals surface area contributed by atoms with Gasteiger partial charge in [0.2, 0.25) is 0 Å². The number of rotatable bonds is 7. The highest BCUT2D eigenvalue weighted by molar-refractivity contribution is 5.80. The molecule has 0 aliphatic carbocycles. The number of H-pyrrole nitrogens is 1. The summed E-state index contributed by atoms with van der Waals surface area (Å²) in [5.41, 5.74) is 2.80. The number of nitrogens with zero attached hydrogens (tertiary/aromatic N) is 2. The van der Waals surface area contributed by atoms with Gasteiger partial charge in [0.25, 0.3) is 0 Å². The van der Waals surface area contributed by atoms with Gasteiger partial charge in [-0.15, -0.1) is 0 Å². The minimum absolute atomic E-state index is 0.115. The number of aromatic nitrogens is 3. The second-order valence-electron chi connectivity index (χ2n) is 7.22. The Balaban J connectivity index is 1.77. The highest BCUT2D eigenvalue weighted by Gasteiger charge is 2.13. The summed E-state index contributed by atoms with van der Waals surface area (Å²) in [4.78, 5) is 12.1. The van der Waals surface area contributed by atoms with Crippen LogP contribution in [0.3, 0.4) is 0 Å². The zero-order valence-electron chi connectivity index (χ0n) is 15.8. The smallest absolute Gasteiger partial charge is 0.142 e. The Kier molecular flexibility index (Phi) is 5.42. The van der Waals surface area contributed by atoms with Gasteiger partial charge < -0.3 is 19.8 Å². The number of hydrogen-bond donors (Lipinski definition) is 2. The Morgan fingerprint density at radius 2 is 2.04 bits per heavy atom. The van der Waals surface area contributed by atoms with Gasteiger partial charge in [-0.3, -0.25) is 4.98 Å². The van der Waals surface area contributed by atoms with Crippen LogP contribution in [0.4, 0.5) is 0 Å². The molecule has 138 valence electrons. The van der Waals surface area contributed by atoms with Crippen molar-refractivity contribution in [3.63, 3.8) is 0 Å². The molecule has 0 saturated carbocycles. The minimum atomic E-state index is 0.115.